The van der Waals surface area contributed by atoms with Gasteiger partial charge in [-0.15, -0.1) is 0 Å². The number of carbonyl (C=O) groups is 2. The van der Waals surface area contributed by atoms with Crippen molar-refractivity contribution in [3.05, 3.63) is 95.6 Å². The number of rotatable bonds is 7. The van der Waals surface area contributed by atoms with Gasteiger partial charge in [0, 0.05) is 23.4 Å². The Labute approximate surface area is 246 Å². The Hall–Kier alpha value is -4.60. The molecule has 1 saturated heterocycles. The van der Waals surface area contributed by atoms with Gasteiger partial charge in [-0.1, -0.05) is 60.1 Å². The third-order valence-electron chi connectivity index (χ3n) is 7.51. The summed E-state index contributed by atoms with van der Waals surface area (Å²) in [6, 6.07) is 25.6. The number of hydrogen-bond donors (Lipinski definition) is 1. The van der Waals surface area contributed by atoms with E-state index in [9.17, 15) is 14.7 Å². The molecule has 2 atom stereocenters. The highest BCUT2D eigenvalue weighted by atomic mass is 35.5. The maximum Gasteiger partial charge on any atom is 0.416 e. The number of likely N-dealkylation sites (tertiary alicyclic amines) is 1. The zero-order chi connectivity index (χ0) is 29.2. The molecule has 10 heteroatoms. The highest BCUT2D eigenvalue weighted by Gasteiger charge is 2.37. The van der Waals surface area contributed by atoms with E-state index >= 15 is 0 Å². The van der Waals surface area contributed by atoms with Gasteiger partial charge in [0.2, 0.25) is 0 Å². The SMILES string of the molecule is CO[C@@H]1C[C@@H](COc2ccc3c(c2)cc(-c2cc4ccccc4nc2Cl)n3C(=O)O)N(C(=O)OCc2ccccc2)C1. The first kappa shape index (κ1) is 27.6. The van der Waals surface area contributed by atoms with Crippen LogP contribution in [0.25, 0.3) is 33.1 Å². The van der Waals surface area contributed by atoms with E-state index in [2.05, 4.69) is 4.98 Å². The molecule has 6 rings (SSSR count). The highest BCUT2D eigenvalue weighted by Crippen LogP contribution is 2.35. The molecule has 2 aromatic heterocycles. The summed E-state index contributed by atoms with van der Waals surface area (Å²) in [6.07, 6.45) is -1.09. The van der Waals surface area contributed by atoms with Crippen molar-refractivity contribution in [3.63, 3.8) is 0 Å². The van der Waals surface area contributed by atoms with Gasteiger partial charge in [-0.3, -0.25) is 4.90 Å². The Bertz CT molecular complexity index is 1770. The van der Waals surface area contributed by atoms with Crippen molar-refractivity contribution in [2.75, 3.05) is 20.3 Å². The Morgan fingerprint density at radius 2 is 1.79 bits per heavy atom. The molecule has 1 amide bonds. The minimum Gasteiger partial charge on any atom is -0.491 e. The molecule has 1 fully saturated rings. The topological polar surface area (TPSA) is 103 Å². The summed E-state index contributed by atoms with van der Waals surface area (Å²) in [5, 5.41) is 11.8. The number of aromatic nitrogens is 2. The molecule has 5 aromatic rings. The van der Waals surface area contributed by atoms with Gasteiger partial charge in [-0.05, 0) is 48.4 Å². The van der Waals surface area contributed by atoms with E-state index in [4.69, 9.17) is 25.8 Å². The maximum atomic E-state index is 12.9. The van der Waals surface area contributed by atoms with E-state index in [1.54, 1.807) is 36.3 Å². The van der Waals surface area contributed by atoms with Crippen molar-refractivity contribution in [2.45, 2.75) is 25.2 Å². The minimum absolute atomic E-state index is 0.127. The second kappa shape index (κ2) is 11.7. The van der Waals surface area contributed by atoms with Gasteiger partial charge in [-0.2, -0.15) is 0 Å². The number of fused-ring (bicyclic) bond motifs is 2. The molecule has 1 N–H and O–H groups in total. The van der Waals surface area contributed by atoms with Crippen LogP contribution in [-0.2, 0) is 16.1 Å². The molecule has 9 nitrogen and oxygen atoms in total. The van der Waals surface area contributed by atoms with Crippen LogP contribution in [0.1, 0.15) is 12.0 Å². The van der Waals surface area contributed by atoms with Gasteiger partial charge < -0.3 is 19.3 Å². The molecule has 0 spiro atoms. The average Bonchev–Trinajstić information content (AvgIpc) is 3.60. The Morgan fingerprint density at radius 1 is 1.00 bits per heavy atom. The lowest BCUT2D eigenvalue weighted by atomic mass is 10.1. The van der Waals surface area contributed by atoms with E-state index in [1.165, 1.54) is 4.57 Å². The van der Waals surface area contributed by atoms with E-state index in [1.807, 2.05) is 60.7 Å². The highest BCUT2D eigenvalue weighted by molar-refractivity contribution is 6.32. The molecule has 0 bridgehead atoms. The lowest BCUT2D eigenvalue weighted by molar-refractivity contribution is 0.0751. The summed E-state index contributed by atoms with van der Waals surface area (Å²) in [4.78, 5) is 31.4. The van der Waals surface area contributed by atoms with Crippen molar-refractivity contribution < 1.29 is 28.9 Å². The van der Waals surface area contributed by atoms with Crippen LogP contribution in [0, 0.1) is 0 Å². The van der Waals surface area contributed by atoms with Crippen LogP contribution in [0.3, 0.4) is 0 Å². The summed E-state index contributed by atoms with van der Waals surface area (Å²) in [6.45, 7) is 0.805. The fourth-order valence-electron chi connectivity index (χ4n) is 5.38. The zero-order valence-electron chi connectivity index (χ0n) is 22.8. The van der Waals surface area contributed by atoms with E-state index in [0.29, 0.717) is 40.9 Å². The van der Waals surface area contributed by atoms with Crippen LogP contribution in [0.2, 0.25) is 5.15 Å². The predicted octanol–water partition coefficient (Wildman–Crippen LogP) is 6.84. The first-order chi connectivity index (χ1) is 20.4. The third kappa shape index (κ3) is 5.48. The Morgan fingerprint density at radius 3 is 2.57 bits per heavy atom. The molecule has 0 aliphatic carbocycles. The normalized spacial score (nSPS) is 16.7. The number of halogens is 1. The molecular weight excluding hydrogens is 558 g/mol. The van der Waals surface area contributed by atoms with Gasteiger partial charge >= 0.3 is 12.2 Å². The Balaban J connectivity index is 1.23. The quantitative estimate of drug-likeness (QED) is 0.209. The summed E-state index contributed by atoms with van der Waals surface area (Å²) >= 11 is 6.52. The van der Waals surface area contributed by atoms with Crippen LogP contribution < -0.4 is 4.74 Å². The number of nitrogens with zero attached hydrogens (tertiary/aromatic N) is 3. The number of para-hydroxylation sites is 1. The summed E-state index contributed by atoms with van der Waals surface area (Å²) < 4.78 is 18.4. The van der Waals surface area contributed by atoms with Gasteiger partial charge in [-0.25, -0.2) is 19.1 Å². The van der Waals surface area contributed by atoms with Crippen LogP contribution >= 0.6 is 11.6 Å². The predicted molar refractivity (Wildman–Crippen MR) is 159 cm³/mol. The number of pyridine rings is 1. The largest absolute Gasteiger partial charge is 0.491 e. The summed E-state index contributed by atoms with van der Waals surface area (Å²) in [5.41, 5.74) is 3.03. The zero-order valence-corrected chi connectivity index (χ0v) is 23.5. The molecule has 3 heterocycles. The van der Waals surface area contributed by atoms with Crippen molar-refractivity contribution in [1.29, 1.82) is 0 Å². The van der Waals surface area contributed by atoms with Gasteiger partial charge in [0.25, 0.3) is 0 Å². The van der Waals surface area contributed by atoms with Crippen molar-refractivity contribution in [2.24, 2.45) is 0 Å². The second-order valence-corrected chi connectivity index (χ2v) is 10.5. The average molecular weight is 586 g/mol. The van der Waals surface area contributed by atoms with Crippen LogP contribution in [-0.4, -0.2) is 64.2 Å². The fourth-order valence-corrected chi connectivity index (χ4v) is 5.62. The van der Waals surface area contributed by atoms with Crippen LogP contribution in [0.5, 0.6) is 5.75 Å². The summed E-state index contributed by atoms with van der Waals surface area (Å²) in [5.74, 6) is 0.540. The summed E-state index contributed by atoms with van der Waals surface area (Å²) in [7, 11) is 1.62. The number of carboxylic acid groups (broad SMARTS) is 1. The lowest BCUT2D eigenvalue weighted by Gasteiger charge is -2.24. The molecule has 1 aliphatic heterocycles. The molecule has 42 heavy (non-hydrogen) atoms. The first-order valence-electron chi connectivity index (χ1n) is 13.5. The number of amides is 1. The number of benzene rings is 3. The smallest absolute Gasteiger partial charge is 0.416 e. The molecule has 0 unspecified atom stereocenters. The maximum absolute atomic E-state index is 12.9. The van der Waals surface area contributed by atoms with E-state index in [0.717, 1.165) is 16.5 Å². The minimum atomic E-state index is -1.14. The third-order valence-corrected chi connectivity index (χ3v) is 7.80. The van der Waals surface area contributed by atoms with Crippen LogP contribution in [0.4, 0.5) is 9.59 Å². The van der Waals surface area contributed by atoms with Crippen molar-refractivity contribution in [1.82, 2.24) is 14.5 Å². The van der Waals surface area contributed by atoms with Gasteiger partial charge in [0.1, 0.15) is 24.1 Å². The molecule has 1 aliphatic rings. The molecule has 3 aromatic carbocycles. The Kier molecular flexibility index (Phi) is 7.69. The lowest BCUT2D eigenvalue weighted by Crippen LogP contribution is -2.39. The van der Waals surface area contributed by atoms with E-state index in [-0.39, 0.29) is 30.5 Å². The van der Waals surface area contributed by atoms with Gasteiger partial charge in [0.15, 0.2) is 0 Å². The monoisotopic (exact) mass is 585 g/mol. The number of carbonyl (C=O) groups excluding carboxylic acids is 1. The van der Waals surface area contributed by atoms with Crippen LogP contribution in [0.15, 0.2) is 84.9 Å². The molecule has 0 saturated carbocycles. The van der Waals surface area contributed by atoms with Crippen molar-refractivity contribution in [3.8, 4) is 17.0 Å². The standard InChI is InChI=1S/C32H28ClN3O6/c1-40-25-16-23(35(17-25)32(39)42-18-20-7-3-2-4-8-20)19-41-24-11-12-28-22(13-24)15-29(36(28)31(37)38)26-14-21-9-5-6-10-27(21)34-30(26)33/h2-15,23,25H,16-19H2,1H3,(H,37,38)/t23-,25+/m0/s1. The fraction of sp³-hybridized carbons (Fsp3) is 0.219. The van der Waals surface area contributed by atoms with Crippen molar-refractivity contribution >= 4 is 45.6 Å². The molecular formula is C32H28ClN3O6. The number of ether oxygens (including phenoxy) is 3. The second-order valence-electron chi connectivity index (χ2n) is 10.1. The molecule has 214 valence electrons. The number of methoxy groups -OCH3 is 1. The van der Waals surface area contributed by atoms with Gasteiger partial charge in [0.05, 0.1) is 35.4 Å². The number of hydrogen-bond acceptors (Lipinski definition) is 6. The van der Waals surface area contributed by atoms with E-state index < -0.39 is 12.2 Å². The molecule has 0 radical (unpaired) electrons. The first-order valence-corrected chi connectivity index (χ1v) is 13.9.